The Morgan fingerprint density at radius 2 is 1.96 bits per heavy atom. The number of amides is 1. The van der Waals surface area contributed by atoms with E-state index in [1.54, 1.807) is 24.3 Å². The van der Waals surface area contributed by atoms with Gasteiger partial charge in [-0.2, -0.15) is 0 Å². The summed E-state index contributed by atoms with van der Waals surface area (Å²) in [6.07, 6.45) is -0.413. The van der Waals surface area contributed by atoms with E-state index in [1.165, 1.54) is 23.1 Å². The molecule has 0 unspecified atom stereocenters. The highest BCUT2D eigenvalue weighted by Crippen LogP contribution is 2.25. The lowest BCUT2D eigenvalue weighted by Crippen LogP contribution is -2.25. The second-order valence-corrected chi connectivity index (χ2v) is 7.91. The molecule has 2 aromatic rings. The van der Waals surface area contributed by atoms with Crippen LogP contribution >= 0.6 is 23.2 Å². The van der Waals surface area contributed by atoms with Crippen LogP contribution in [-0.2, 0) is 21.3 Å². The van der Waals surface area contributed by atoms with Crippen LogP contribution in [0.2, 0.25) is 10.0 Å². The maximum absolute atomic E-state index is 12.4. The van der Waals surface area contributed by atoms with Crippen LogP contribution in [0.4, 0.5) is 10.5 Å². The maximum atomic E-state index is 12.4. The minimum absolute atomic E-state index is 0.0436. The molecule has 0 aromatic heterocycles. The van der Waals surface area contributed by atoms with Gasteiger partial charge in [0.15, 0.2) is 0 Å². The molecule has 0 bridgehead atoms. The number of sulfonamides is 1. The molecule has 1 fully saturated rings. The van der Waals surface area contributed by atoms with Crippen molar-refractivity contribution in [2.45, 2.75) is 11.4 Å². The third kappa shape index (κ3) is 4.07. The fraction of sp³-hybridized carbons (Fsp3) is 0.188. The SMILES string of the molecule is O=C1OCCN1c1cccc(CNS(=O)(=O)c2cc(Cl)ccc2Cl)c1. The number of anilines is 1. The van der Waals surface area contributed by atoms with Crippen LogP contribution in [0, 0.1) is 0 Å². The molecule has 132 valence electrons. The number of rotatable bonds is 5. The van der Waals surface area contributed by atoms with Gasteiger partial charge in [-0.1, -0.05) is 35.3 Å². The zero-order valence-electron chi connectivity index (χ0n) is 12.9. The Morgan fingerprint density at radius 3 is 2.68 bits per heavy atom. The molecule has 1 aliphatic rings. The van der Waals surface area contributed by atoms with Gasteiger partial charge in [0.05, 0.1) is 11.6 Å². The molecule has 1 aliphatic heterocycles. The van der Waals surface area contributed by atoms with E-state index in [2.05, 4.69) is 4.72 Å². The summed E-state index contributed by atoms with van der Waals surface area (Å²) in [5, 5.41) is 0.366. The Balaban J connectivity index is 1.77. The third-order valence-electron chi connectivity index (χ3n) is 3.63. The summed E-state index contributed by atoms with van der Waals surface area (Å²) in [4.78, 5) is 13.0. The van der Waals surface area contributed by atoms with Crippen molar-refractivity contribution in [2.75, 3.05) is 18.1 Å². The summed E-state index contributed by atoms with van der Waals surface area (Å²) in [5.74, 6) is 0. The molecular formula is C16H14Cl2N2O4S. The molecule has 9 heteroatoms. The average molecular weight is 401 g/mol. The van der Waals surface area contributed by atoms with Crippen molar-refractivity contribution in [2.24, 2.45) is 0 Å². The molecule has 1 saturated heterocycles. The molecule has 3 rings (SSSR count). The van der Waals surface area contributed by atoms with Gasteiger partial charge in [0.2, 0.25) is 10.0 Å². The van der Waals surface area contributed by atoms with Crippen LogP contribution < -0.4 is 9.62 Å². The highest BCUT2D eigenvalue weighted by Gasteiger charge is 2.24. The van der Waals surface area contributed by atoms with E-state index in [4.69, 9.17) is 27.9 Å². The minimum atomic E-state index is -3.83. The molecule has 2 aromatic carbocycles. The molecule has 0 spiro atoms. The normalized spacial score (nSPS) is 14.6. The highest BCUT2D eigenvalue weighted by molar-refractivity contribution is 7.89. The Labute approximate surface area is 155 Å². The lowest BCUT2D eigenvalue weighted by molar-refractivity contribution is 0.181. The van der Waals surface area contributed by atoms with E-state index >= 15 is 0 Å². The molecule has 6 nitrogen and oxygen atoms in total. The first kappa shape index (κ1) is 18.0. The van der Waals surface area contributed by atoms with Gasteiger partial charge >= 0.3 is 6.09 Å². The molecule has 25 heavy (non-hydrogen) atoms. The van der Waals surface area contributed by atoms with Crippen molar-refractivity contribution in [3.63, 3.8) is 0 Å². The monoisotopic (exact) mass is 400 g/mol. The van der Waals surface area contributed by atoms with E-state index < -0.39 is 16.1 Å². The van der Waals surface area contributed by atoms with Crippen LogP contribution in [0.15, 0.2) is 47.4 Å². The van der Waals surface area contributed by atoms with Gasteiger partial charge in [-0.3, -0.25) is 4.90 Å². The summed E-state index contributed by atoms with van der Waals surface area (Å²) < 4.78 is 32.3. The zero-order valence-corrected chi connectivity index (χ0v) is 15.2. The van der Waals surface area contributed by atoms with Crippen LogP contribution in [0.25, 0.3) is 0 Å². The van der Waals surface area contributed by atoms with Crippen molar-refractivity contribution >= 4 is 45.0 Å². The molecule has 1 heterocycles. The molecule has 0 atom stereocenters. The lowest BCUT2D eigenvalue weighted by atomic mass is 10.2. The summed E-state index contributed by atoms with van der Waals surface area (Å²) in [6.45, 7) is 0.844. The molecule has 0 aliphatic carbocycles. The van der Waals surface area contributed by atoms with Crippen LogP contribution in [0.1, 0.15) is 5.56 Å². The Bertz CT molecular complexity index is 918. The van der Waals surface area contributed by atoms with Gasteiger partial charge in [0.25, 0.3) is 0 Å². The summed E-state index contributed by atoms with van der Waals surface area (Å²) in [7, 11) is -3.83. The van der Waals surface area contributed by atoms with Crippen molar-refractivity contribution in [1.82, 2.24) is 4.72 Å². The lowest BCUT2D eigenvalue weighted by Gasteiger charge is -2.14. The maximum Gasteiger partial charge on any atom is 0.414 e. The smallest absolute Gasteiger partial charge is 0.414 e. The topological polar surface area (TPSA) is 75.7 Å². The molecule has 1 amide bonds. The van der Waals surface area contributed by atoms with Crippen LogP contribution in [0.5, 0.6) is 0 Å². The van der Waals surface area contributed by atoms with E-state index in [9.17, 15) is 13.2 Å². The standard InChI is InChI=1S/C16H14Cl2N2O4S/c17-12-4-5-14(18)15(9-12)25(22,23)19-10-11-2-1-3-13(8-11)20-6-7-24-16(20)21/h1-5,8-9,19H,6-7,10H2. The van der Waals surface area contributed by atoms with E-state index in [0.717, 1.165) is 0 Å². The Kier molecular flexibility index (Phi) is 5.19. The minimum Gasteiger partial charge on any atom is -0.447 e. The zero-order chi connectivity index (χ0) is 18.0. The first-order valence-electron chi connectivity index (χ1n) is 7.35. The summed E-state index contributed by atoms with van der Waals surface area (Å²) >= 11 is 11.8. The van der Waals surface area contributed by atoms with Gasteiger partial charge < -0.3 is 4.74 Å². The first-order chi connectivity index (χ1) is 11.9. The van der Waals surface area contributed by atoms with E-state index in [-0.39, 0.29) is 21.5 Å². The molecule has 0 radical (unpaired) electrons. The number of cyclic esters (lactones) is 1. The van der Waals surface area contributed by atoms with Crippen molar-refractivity contribution < 1.29 is 17.9 Å². The Hall–Kier alpha value is -1.80. The van der Waals surface area contributed by atoms with Gasteiger partial charge in [-0.25, -0.2) is 17.9 Å². The summed E-state index contributed by atoms with van der Waals surface area (Å²) in [5.41, 5.74) is 1.35. The summed E-state index contributed by atoms with van der Waals surface area (Å²) in [6, 6.07) is 11.2. The van der Waals surface area contributed by atoms with Crippen LogP contribution in [-0.4, -0.2) is 27.7 Å². The van der Waals surface area contributed by atoms with Gasteiger partial charge in [0.1, 0.15) is 11.5 Å². The van der Waals surface area contributed by atoms with Crippen LogP contribution in [0.3, 0.4) is 0 Å². The molecular weight excluding hydrogens is 387 g/mol. The fourth-order valence-corrected chi connectivity index (χ4v) is 4.18. The number of hydrogen-bond donors (Lipinski definition) is 1. The fourth-order valence-electron chi connectivity index (χ4n) is 2.40. The van der Waals surface area contributed by atoms with Gasteiger partial charge in [-0.05, 0) is 35.9 Å². The second kappa shape index (κ2) is 7.21. The van der Waals surface area contributed by atoms with Gasteiger partial charge in [0, 0.05) is 17.3 Å². The van der Waals surface area contributed by atoms with Crippen molar-refractivity contribution in [3.05, 3.63) is 58.1 Å². The number of carbonyl (C=O) groups excluding carboxylic acids is 1. The van der Waals surface area contributed by atoms with Crippen molar-refractivity contribution in [1.29, 1.82) is 0 Å². The average Bonchev–Trinajstić information content (AvgIpc) is 3.01. The number of nitrogens with zero attached hydrogens (tertiary/aromatic N) is 1. The van der Waals surface area contributed by atoms with Crippen molar-refractivity contribution in [3.8, 4) is 0 Å². The van der Waals surface area contributed by atoms with E-state index in [0.29, 0.717) is 24.4 Å². The third-order valence-corrected chi connectivity index (χ3v) is 5.75. The van der Waals surface area contributed by atoms with Gasteiger partial charge in [-0.15, -0.1) is 0 Å². The molecule has 1 N–H and O–H groups in total. The number of halogens is 2. The number of nitrogens with one attached hydrogen (secondary N) is 1. The first-order valence-corrected chi connectivity index (χ1v) is 9.59. The molecule has 0 saturated carbocycles. The Morgan fingerprint density at radius 1 is 1.16 bits per heavy atom. The quantitative estimate of drug-likeness (QED) is 0.833. The number of carbonyl (C=O) groups is 1. The predicted octanol–water partition coefficient (Wildman–Crippen LogP) is 3.43. The predicted molar refractivity (Wildman–Crippen MR) is 95.6 cm³/mol. The second-order valence-electron chi connectivity index (χ2n) is 5.34. The van der Waals surface area contributed by atoms with E-state index in [1.807, 2.05) is 0 Å². The number of ether oxygens (including phenoxy) is 1. The number of hydrogen-bond acceptors (Lipinski definition) is 4. The largest absolute Gasteiger partial charge is 0.447 e. The number of benzene rings is 2. The highest BCUT2D eigenvalue weighted by atomic mass is 35.5.